The average molecular weight is 492 g/mol. The first-order valence-electron chi connectivity index (χ1n) is 12.6. The molecule has 2 amide bonds. The quantitative estimate of drug-likeness (QED) is 0.612. The maximum absolute atomic E-state index is 13.5. The summed E-state index contributed by atoms with van der Waals surface area (Å²) < 4.78 is 0. The summed E-state index contributed by atoms with van der Waals surface area (Å²) in [4.78, 5) is 30.5. The SMILES string of the molecule is CCc1ccccc1NC(=O)CSC1=NNC2N(CCc3ccccc3)C(=O)C3CCCCC3N12. The van der Waals surface area contributed by atoms with Crippen molar-refractivity contribution in [2.45, 2.75) is 57.8 Å². The monoisotopic (exact) mass is 491 g/mol. The van der Waals surface area contributed by atoms with Crippen LogP contribution in [0.5, 0.6) is 0 Å². The van der Waals surface area contributed by atoms with E-state index in [1.54, 1.807) is 0 Å². The number of carbonyl (C=O) groups is 2. The summed E-state index contributed by atoms with van der Waals surface area (Å²) in [7, 11) is 0. The predicted molar refractivity (Wildman–Crippen MR) is 141 cm³/mol. The molecule has 2 aliphatic heterocycles. The van der Waals surface area contributed by atoms with Crippen LogP contribution in [0.1, 0.15) is 43.7 Å². The first kappa shape index (κ1) is 23.7. The van der Waals surface area contributed by atoms with Gasteiger partial charge in [0.2, 0.25) is 11.8 Å². The Morgan fingerprint density at radius 3 is 2.71 bits per heavy atom. The van der Waals surface area contributed by atoms with Crippen molar-refractivity contribution in [3.63, 3.8) is 0 Å². The average Bonchev–Trinajstić information content (AvgIpc) is 3.32. The number of nitrogens with zero attached hydrogens (tertiary/aromatic N) is 3. The number of hydrogen-bond donors (Lipinski definition) is 2. The van der Waals surface area contributed by atoms with E-state index in [-0.39, 0.29) is 35.8 Å². The van der Waals surface area contributed by atoms with Gasteiger partial charge in [0.05, 0.1) is 11.7 Å². The van der Waals surface area contributed by atoms with E-state index >= 15 is 0 Å². The fraction of sp³-hybridized carbons (Fsp3) is 0.444. The lowest BCUT2D eigenvalue weighted by atomic mass is 9.81. The van der Waals surface area contributed by atoms with Crippen LogP contribution in [-0.2, 0) is 22.4 Å². The van der Waals surface area contributed by atoms with Crippen LogP contribution in [0.3, 0.4) is 0 Å². The van der Waals surface area contributed by atoms with E-state index in [1.807, 2.05) is 47.4 Å². The minimum Gasteiger partial charge on any atom is -0.325 e. The second-order valence-corrected chi connectivity index (χ2v) is 10.3. The smallest absolute Gasteiger partial charge is 0.234 e. The van der Waals surface area contributed by atoms with Crippen molar-refractivity contribution in [1.82, 2.24) is 15.2 Å². The van der Waals surface area contributed by atoms with E-state index in [9.17, 15) is 9.59 Å². The van der Waals surface area contributed by atoms with Gasteiger partial charge in [-0.3, -0.25) is 15.0 Å². The summed E-state index contributed by atoms with van der Waals surface area (Å²) >= 11 is 1.45. The molecule has 0 bridgehead atoms. The van der Waals surface area contributed by atoms with E-state index < -0.39 is 0 Å². The van der Waals surface area contributed by atoms with Crippen molar-refractivity contribution in [2.24, 2.45) is 11.0 Å². The number of para-hydroxylation sites is 1. The number of amidine groups is 1. The van der Waals surface area contributed by atoms with Crippen LogP contribution in [0.15, 0.2) is 59.7 Å². The molecule has 0 spiro atoms. The van der Waals surface area contributed by atoms with Crippen molar-refractivity contribution in [3.8, 4) is 0 Å². The Labute approximate surface area is 211 Å². The Bertz CT molecular complexity index is 1090. The molecule has 1 saturated heterocycles. The number of hydrogen-bond acceptors (Lipinski definition) is 6. The highest BCUT2D eigenvalue weighted by molar-refractivity contribution is 8.14. The molecule has 1 aliphatic carbocycles. The molecule has 2 N–H and O–H groups in total. The zero-order valence-corrected chi connectivity index (χ0v) is 21.0. The van der Waals surface area contributed by atoms with Gasteiger partial charge in [-0.05, 0) is 42.9 Å². The lowest BCUT2D eigenvalue weighted by molar-refractivity contribution is -0.155. The van der Waals surface area contributed by atoms with E-state index in [1.165, 1.54) is 17.3 Å². The van der Waals surface area contributed by atoms with E-state index in [4.69, 9.17) is 0 Å². The Kier molecular flexibility index (Phi) is 7.27. The van der Waals surface area contributed by atoms with Crippen molar-refractivity contribution >= 4 is 34.4 Å². The molecule has 1 saturated carbocycles. The fourth-order valence-electron chi connectivity index (χ4n) is 5.45. The molecule has 0 aromatic heterocycles. The van der Waals surface area contributed by atoms with E-state index in [2.05, 4.69) is 39.8 Å². The van der Waals surface area contributed by atoms with Crippen molar-refractivity contribution < 1.29 is 9.59 Å². The molecule has 35 heavy (non-hydrogen) atoms. The standard InChI is InChI=1S/C27H33N5O2S/c1-2-20-12-6-8-14-22(20)28-24(33)18-35-27-30-29-26-31(17-16-19-10-4-3-5-11-19)25(34)21-13-7-9-15-23(21)32(26)27/h3-6,8,10-12,14,21,23,26,29H,2,7,9,13,15-18H2,1H3,(H,28,33). The van der Waals surface area contributed by atoms with E-state index in [0.29, 0.717) is 6.54 Å². The highest BCUT2D eigenvalue weighted by Gasteiger charge is 2.50. The number of rotatable bonds is 7. The van der Waals surface area contributed by atoms with Crippen LogP contribution >= 0.6 is 11.8 Å². The highest BCUT2D eigenvalue weighted by atomic mass is 32.2. The van der Waals surface area contributed by atoms with Gasteiger partial charge in [0.25, 0.3) is 0 Å². The zero-order valence-electron chi connectivity index (χ0n) is 20.2. The lowest BCUT2D eigenvalue weighted by Gasteiger charge is -2.50. The first-order valence-corrected chi connectivity index (χ1v) is 13.6. The van der Waals surface area contributed by atoms with Crippen molar-refractivity contribution in [3.05, 3.63) is 65.7 Å². The minimum atomic E-state index is -0.281. The number of carbonyl (C=O) groups excluding carboxylic acids is 2. The van der Waals surface area contributed by atoms with Crippen LogP contribution in [0.25, 0.3) is 0 Å². The van der Waals surface area contributed by atoms with Crippen LogP contribution in [0.2, 0.25) is 0 Å². The van der Waals surface area contributed by atoms with Gasteiger partial charge >= 0.3 is 0 Å². The number of amides is 2. The van der Waals surface area contributed by atoms with Crippen molar-refractivity contribution in [2.75, 3.05) is 17.6 Å². The van der Waals surface area contributed by atoms with Gasteiger partial charge in [0, 0.05) is 18.3 Å². The molecule has 2 aromatic rings. The second kappa shape index (κ2) is 10.7. The Morgan fingerprint density at radius 1 is 1.11 bits per heavy atom. The lowest BCUT2D eigenvalue weighted by Crippen LogP contribution is -2.67. The third-order valence-corrected chi connectivity index (χ3v) is 8.20. The van der Waals surface area contributed by atoms with Gasteiger partial charge in [0.1, 0.15) is 0 Å². The topological polar surface area (TPSA) is 77.0 Å². The fourth-order valence-corrected chi connectivity index (χ4v) is 6.28. The normalized spacial score (nSPS) is 23.3. The molecule has 2 aromatic carbocycles. The molecule has 7 nitrogen and oxygen atoms in total. The molecule has 3 atom stereocenters. The van der Waals surface area contributed by atoms with Crippen LogP contribution < -0.4 is 10.7 Å². The number of anilines is 1. The zero-order chi connectivity index (χ0) is 24.2. The molecule has 3 unspecified atom stereocenters. The molecule has 3 aliphatic rings. The Balaban J connectivity index is 1.27. The minimum absolute atomic E-state index is 0.00766. The number of hydrazone groups is 1. The summed E-state index contributed by atoms with van der Waals surface area (Å²) in [6.07, 6.45) is 5.50. The molecule has 2 fully saturated rings. The number of fused-ring (bicyclic) bond motifs is 3. The maximum atomic E-state index is 13.5. The van der Waals surface area contributed by atoms with Gasteiger partial charge in [-0.25, -0.2) is 0 Å². The van der Waals surface area contributed by atoms with Crippen LogP contribution in [0.4, 0.5) is 5.69 Å². The van der Waals surface area contributed by atoms with Gasteiger partial charge in [-0.2, -0.15) is 5.10 Å². The molecule has 2 heterocycles. The van der Waals surface area contributed by atoms with Gasteiger partial charge in [-0.1, -0.05) is 80.1 Å². The summed E-state index contributed by atoms with van der Waals surface area (Å²) in [6, 6.07) is 18.3. The molecule has 0 radical (unpaired) electrons. The number of aryl methyl sites for hydroxylation is 1. The highest BCUT2D eigenvalue weighted by Crippen LogP contribution is 2.38. The molecule has 5 rings (SSSR count). The Hall–Kier alpha value is -3.00. The third kappa shape index (κ3) is 5.03. The number of thioether (sulfide) groups is 1. The first-order chi connectivity index (χ1) is 17.2. The van der Waals surface area contributed by atoms with Crippen LogP contribution in [-0.4, -0.2) is 51.4 Å². The number of nitrogens with one attached hydrogen (secondary N) is 2. The predicted octanol–water partition coefficient (Wildman–Crippen LogP) is 4.02. The molecule has 184 valence electrons. The Morgan fingerprint density at radius 2 is 1.89 bits per heavy atom. The maximum Gasteiger partial charge on any atom is 0.234 e. The van der Waals surface area contributed by atoms with Crippen LogP contribution in [0, 0.1) is 5.92 Å². The second-order valence-electron chi connectivity index (χ2n) is 9.38. The third-order valence-electron chi connectivity index (χ3n) is 7.23. The molecular formula is C27H33N5O2S. The largest absolute Gasteiger partial charge is 0.325 e. The van der Waals surface area contributed by atoms with Gasteiger partial charge < -0.3 is 15.1 Å². The van der Waals surface area contributed by atoms with E-state index in [0.717, 1.165) is 54.9 Å². The summed E-state index contributed by atoms with van der Waals surface area (Å²) in [5, 5.41) is 8.46. The van der Waals surface area contributed by atoms with Gasteiger partial charge in [-0.15, -0.1) is 0 Å². The van der Waals surface area contributed by atoms with Crippen molar-refractivity contribution in [1.29, 1.82) is 0 Å². The summed E-state index contributed by atoms with van der Waals surface area (Å²) in [6.45, 7) is 2.72. The number of benzene rings is 2. The molecular weight excluding hydrogens is 458 g/mol. The summed E-state index contributed by atoms with van der Waals surface area (Å²) in [5.41, 5.74) is 6.43. The molecule has 8 heteroatoms. The van der Waals surface area contributed by atoms with Gasteiger partial charge in [0.15, 0.2) is 11.5 Å². The summed E-state index contributed by atoms with van der Waals surface area (Å²) in [5.74, 6) is 0.453.